The molecule has 4 rings (SSSR count). The number of rotatable bonds is 15. The van der Waals surface area contributed by atoms with Gasteiger partial charge >= 0.3 is 8.80 Å². The van der Waals surface area contributed by atoms with E-state index in [1.165, 1.54) is 6.07 Å². The van der Waals surface area contributed by atoms with E-state index in [-0.39, 0.29) is 4.90 Å². The molecular formula is C33H45N2O7SSi+. The van der Waals surface area contributed by atoms with Crippen molar-refractivity contribution < 1.29 is 30.7 Å². The molecule has 0 saturated heterocycles. The van der Waals surface area contributed by atoms with Crippen molar-refractivity contribution in [2.75, 3.05) is 52.4 Å². The Kier molecular flexibility index (Phi) is 11.4. The maximum atomic E-state index is 12.5. The van der Waals surface area contributed by atoms with Crippen LogP contribution in [0.5, 0.6) is 0 Å². The number of benzene rings is 3. The van der Waals surface area contributed by atoms with E-state index in [1.54, 1.807) is 39.5 Å². The summed E-state index contributed by atoms with van der Waals surface area (Å²) in [5.74, 6) is 0.628. The van der Waals surface area contributed by atoms with Crippen molar-refractivity contribution in [3.05, 3.63) is 66.0 Å². The molecule has 0 bridgehead atoms. The fourth-order valence-electron chi connectivity index (χ4n) is 5.80. The Labute approximate surface area is 262 Å². The summed E-state index contributed by atoms with van der Waals surface area (Å²) < 4.78 is 61.0. The van der Waals surface area contributed by atoms with Gasteiger partial charge in [-0.2, -0.15) is 8.42 Å². The fraction of sp³-hybridized carbons (Fsp3) is 0.424. The van der Waals surface area contributed by atoms with Crippen molar-refractivity contribution in [1.29, 1.82) is 0 Å². The molecule has 1 aliphatic carbocycles. The molecule has 2 aliphatic rings. The lowest BCUT2D eigenvalue weighted by molar-refractivity contribution is 0.123. The molecule has 0 spiro atoms. The summed E-state index contributed by atoms with van der Waals surface area (Å²) in [6, 6.07) is 19.3. The highest BCUT2D eigenvalue weighted by molar-refractivity contribution is 7.86. The molecule has 11 heteroatoms. The van der Waals surface area contributed by atoms with Crippen LogP contribution in [-0.2, 0) is 23.4 Å². The Hall–Kier alpha value is -3.06. The Morgan fingerprint density at radius 1 is 0.864 bits per heavy atom. The monoisotopic (exact) mass is 641 g/mol. The highest BCUT2D eigenvalue weighted by Crippen LogP contribution is 2.42. The summed E-state index contributed by atoms with van der Waals surface area (Å²) in [7, 11) is -2.29. The number of hydrogen-bond donors (Lipinski definition) is 1. The van der Waals surface area contributed by atoms with Gasteiger partial charge in [0.2, 0.25) is 5.36 Å². The van der Waals surface area contributed by atoms with Crippen LogP contribution in [0.2, 0.25) is 6.04 Å². The highest BCUT2D eigenvalue weighted by Gasteiger charge is 2.37. The van der Waals surface area contributed by atoms with E-state index in [0.29, 0.717) is 28.5 Å². The normalized spacial score (nSPS) is 13.1. The second kappa shape index (κ2) is 14.8. The first kappa shape index (κ1) is 33.8. The number of fused-ring (bicyclic) bond motifs is 2. The molecule has 0 radical (unpaired) electrons. The van der Waals surface area contributed by atoms with E-state index in [9.17, 15) is 13.0 Å². The van der Waals surface area contributed by atoms with E-state index >= 15 is 0 Å². The molecule has 238 valence electrons. The zero-order chi connectivity index (χ0) is 31.9. The summed E-state index contributed by atoms with van der Waals surface area (Å²) in [5, 5.41) is 1.77. The predicted octanol–water partition coefficient (Wildman–Crippen LogP) is 6.14. The molecule has 2 aromatic carbocycles. The molecular weight excluding hydrogens is 597 g/mol. The lowest BCUT2D eigenvalue weighted by Crippen LogP contribution is -2.43. The molecule has 0 amide bonds. The quantitative estimate of drug-likeness (QED) is 0.0716. The van der Waals surface area contributed by atoms with Gasteiger partial charge in [0.15, 0.2) is 0 Å². The molecule has 44 heavy (non-hydrogen) atoms. The summed E-state index contributed by atoms with van der Waals surface area (Å²) in [6.07, 6.45) is 2.89. The molecule has 1 aliphatic heterocycles. The minimum atomic E-state index is -4.48. The van der Waals surface area contributed by atoms with E-state index in [4.69, 9.17) is 17.7 Å². The van der Waals surface area contributed by atoms with Crippen LogP contribution in [0.1, 0.15) is 40.0 Å². The van der Waals surface area contributed by atoms with Gasteiger partial charge in [-0.1, -0.05) is 31.5 Å². The van der Waals surface area contributed by atoms with Crippen LogP contribution in [0.25, 0.3) is 33.4 Å². The third-order valence-electron chi connectivity index (χ3n) is 8.24. The minimum Gasteiger partial charge on any atom is -0.456 e. The van der Waals surface area contributed by atoms with Crippen LogP contribution in [0.3, 0.4) is 0 Å². The zero-order valence-electron chi connectivity index (χ0n) is 26.6. The van der Waals surface area contributed by atoms with Crippen LogP contribution < -0.4 is 14.8 Å². The van der Waals surface area contributed by atoms with Crippen LogP contribution in [0, 0.1) is 0 Å². The van der Waals surface area contributed by atoms with Gasteiger partial charge in [0.05, 0.1) is 6.07 Å². The summed E-state index contributed by atoms with van der Waals surface area (Å²) in [5.41, 5.74) is 3.53. The third-order valence-corrected chi connectivity index (χ3v) is 12.0. The molecule has 2 aromatic rings. The smallest absolute Gasteiger partial charge is 0.456 e. The number of nitrogens with zero attached hydrogens (tertiary/aromatic N) is 2. The van der Waals surface area contributed by atoms with Gasteiger partial charge in [-0.3, -0.25) is 4.55 Å². The minimum absolute atomic E-state index is 0.141. The second-order valence-corrected chi connectivity index (χ2v) is 15.2. The second-order valence-electron chi connectivity index (χ2n) is 10.7. The van der Waals surface area contributed by atoms with Gasteiger partial charge in [-0.15, -0.1) is 0 Å². The first-order valence-corrected chi connectivity index (χ1v) is 18.6. The molecule has 1 heterocycles. The number of hydrogen-bond acceptors (Lipinski definition) is 7. The molecule has 0 fully saturated rings. The van der Waals surface area contributed by atoms with Crippen molar-refractivity contribution in [1.82, 2.24) is 4.58 Å². The van der Waals surface area contributed by atoms with Gasteiger partial charge in [0, 0.05) is 93.2 Å². The molecule has 0 atom stereocenters. The fourth-order valence-corrected chi connectivity index (χ4v) is 8.20. The molecule has 9 nitrogen and oxygen atoms in total. The Morgan fingerprint density at radius 2 is 1.55 bits per heavy atom. The van der Waals surface area contributed by atoms with Crippen LogP contribution in [0.4, 0.5) is 5.69 Å². The van der Waals surface area contributed by atoms with E-state index in [0.717, 1.165) is 67.4 Å². The first-order chi connectivity index (χ1) is 21.1. The summed E-state index contributed by atoms with van der Waals surface area (Å²) >= 11 is 0. The van der Waals surface area contributed by atoms with Gasteiger partial charge in [0.1, 0.15) is 29.3 Å². The van der Waals surface area contributed by atoms with Gasteiger partial charge in [0.25, 0.3) is 10.1 Å². The van der Waals surface area contributed by atoms with Crippen molar-refractivity contribution in [3.63, 3.8) is 0 Å². The topological polar surface area (TPSA) is 101 Å². The molecule has 0 unspecified atom stereocenters. The van der Waals surface area contributed by atoms with Gasteiger partial charge in [-0.25, -0.2) is 4.58 Å². The van der Waals surface area contributed by atoms with E-state index in [1.807, 2.05) is 30.3 Å². The SMILES string of the molecule is CCCC[N+](CCC[Si](OC)(OC)OC)=c1ccc2c(-c3ccccc3S(=O)(=O)O)c3ccc(N(CC)CC)cc3oc-2c1. The summed E-state index contributed by atoms with van der Waals surface area (Å²) in [6.45, 7) is 9.69. The standard InChI is InChI=1S/C33H44N2O7SSi/c1-7-10-20-35(21-13-22-44(39-4,40-5)41-6)26-17-19-28-31(24-26)42-30-23-25(34(8-2)9-3)16-18-27(30)33(28)29-14-11-12-15-32(29)43(36,37)38/h11-12,14-19,23-24H,7-10,13,20-22H2,1-6H3/p+1. The molecule has 0 saturated carbocycles. The maximum absolute atomic E-state index is 12.5. The predicted molar refractivity (Wildman–Crippen MR) is 178 cm³/mol. The lowest BCUT2D eigenvalue weighted by atomic mass is 9.93. The van der Waals surface area contributed by atoms with Crippen molar-refractivity contribution in [3.8, 4) is 22.5 Å². The van der Waals surface area contributed by atoms with Crippen LogP contribution in [0.15, 0.2) is 70.0 Å². The maximum Gasteiger partial charge on any atom is 0.500 e. The van der Waals surface area contributed by atoms with Crippen LogP contribution >= 0.6 is 0 Å². The Bertz CT molecular complexity index is 1700. The Morgan fingerprint density at radius 3 is 2.18 bits per heavy atom. The highest BCUT2D eigenvalue weighted by atomic mass is 32.2. The average Bonchev–Trinajstić information content (AvgIpc) is 3.03. The largest absolute Gasteiger partial charge is 0.500 e. The summed E-state index contributed by atoms with van der Waals surface area (Å²) in [4.78, 5) is 2.09. The van der Waals surface area contributed by atoms with Gasteiger partial charge in [-0.05, 0) is 38.1 Å². The third kappa shape index (κ3) is 7.25. The average molecular weight is 642 g/mol. The van der Waals surface area contributed by atoms with E-state index in [2.05, 4.69) is 36.3 Å². The lowest BCUT2D eigenvalue weighted by Gasteiger charge is -2.23. The van der Waals surface area contributed by atoms with Gasteiger partial charge < -0.3 is 22.6 Å². The number of anilines is 1. The van der Waals surface area contributed by atoms with E-state index < -0.39 is 18.9 Å². The molecule has 0 aromatic heterocycles. The van der Waals surface area contributed by atoms with Crippen molar-refractivity contribution in [2.24, 2.45) is 0 Å². The van der Waals surface area contributed by atoms with Crippen molar-refractivity contribution >= 4 is 35.6 Å². The first-order valence-electron chi connectivity index (χ1n) is 15.2. The van der Waals surface area contributed by atoms with Crippen LogP contribution in [-0.4, -0.2) is 69.3 Å². The zero-order valence-corrected chi connectivity index (χ0v) is 28.4. The Balaban J connectivity index is 1.97. The number of unbranched alkanes of at least 4 members (excludes halogenated alkanes) is 1. The van der Waals surface area contributed by atoms with Crippen molar-refractivity contribution in [2.45, 2.75) is 51.0 Å². The molecule has 1 N–H and O–H groups in total.